The molecule has 0 saturated carbocycles. The van der Waals surface area contributed by atoms with E-state index in [4.69, 9.17) is 23.2 Å². The number of rotatable bonds is 8. The Labute approximate surface area is 276 Å². The summed E-state index contributed by atoms with van der Waals surface area (Å²) in [5.74, 6) is -1.000. The zero-order valence-corrected chi connectivity index (χ0v) is 26.0. The van der Waals surface area contributed by atoms with E-state index in [0.717, 1.165) is 0 Å². The number of nitriles is 1. The quantitative estimate of drug-likeness (QED) is 0.140. The van der Waals surface area contributed by atoms with Gasteiger partial charge in [-0.2, -0.15) is 18.4 Å². The van der Waals surface area contributed by atoms with E-state index in [9.17, 15) is 27.2 Å². The van der Waals surface area contributed by atoms with Gasteiger partial charge in [-0.15, -0.1) is 5.53 Å². The second-order valence-electron chi connectivity index (χ2n) is 11.2. The number of nitrogens with zero attached hydrogens (tertiary/aromatic N) is 4. The lowest BCUT2D eigenvalue weighted by atomic mass is 10.0. The van der Waals surface area contributed by atoms with Crippen molar-refractivity contribution in [3.8, 4) is 6.07 Å². The molecule has 0 spiro atoms. The molecule has 0 radical (unpaired) electrons. The fraction of sp³-hybridized carbons (Fsp3) is 0.250. The van der Waals surface area contributed by atoms with Gasteiger partial charge in [-0.05, 0) is 60.9 Å². The maximum atomic E-state index is 13.9. The number of piperidine rings is 1. The van der Waals surface area contributed by atoms with Crippen LogP contribution in [0.5, 0.6) is 0 Å². The third-order valence-electron chi connectivity index (χ3n) is 8.02. The number of halogens is 7. The highest BCUT2D eigenvalue weighted by atomic mass is 35.5. The standard InChI is InChI=1S/C32H27Cl2F5N8/c33-25-12-21(5-6-27(25)36)42-29-19(14-40)15-41-31-24(29)11-22(13-26(31)34)43-30(18-1-3-20(35)4-2-18)28-16-47(45-44-28)23-7-9-46(10-8-23)17-32(37,38)39/h1-6,11-13,15-16,23,30,43-45H,7-10,17H2,(H,41,42)/t30-/m0/s1. The number of benzene rings is 3. The number of anilines is 3. The molecule has 8 nitrogen and oxygen atoms in total. The molecule has 1 atom stereocenters. The molecule has 3 aromatic carbocycles. The summed E-state index contributed by atoms with van der Waals surface area (Å²) < 4.78 is 66.4. The van der Waals surface area contributed by atoms with Crippen molar-refractivity contribution in [3.05, 3.63) is 105 Å². The largest absolute Gasteiger partial charge is 0.401 e. The number of aromatic nitrogens is 1. The fourth-order valence-electron chi connectivity index (χ4n) is 5.74. The second kappa shape index (κ2) is 13.4. The summed E-state index contributed by atoms with van der Waals surface area (Å²) in [5.41, 5.74) is 9.60. The van der Waals surface area contributed by atoms with Crippen LogP contribution in [0, 0.1) is 23.0 Å². The highest BCUT2D eigenvalue weighted by Gasteiger charge is 2.34. The normalized spacial score (nSPS) is 16.5. The van der Waals surface area contributed by atoms with E-state index in [1.165, 1.54) is 41.4 Å². The molecule has 1 aromatic heterocycles. The minimum absolute atomic E-state index is 0.0578. The van der Waals surface area contributed by atoms with E-state index in [-0.39, 0.29) is 21.7 Å². The van der Waals surface area contributed by atoms with Crippen molar-refractivity contribution < 1.29 is 22.0 Å². The Morgan fingerprint density at radius 1 is 1.00 bits per heavy atom. The zero-order valence-electron chi connectivity index (χ0n) is 24.5. The molecule has 47 heavy (non-hydrogen) atoms. The SMILES string of the molecule is N#Cc1cnc2c(Cl)cc(N[C@H](C3=CN(C4CCN(CC(F)(F)F)CC4)NN3)c3ccc(F)cc3)cc2c1Nc1ccc(F)c(Cl)c1. The van der Waals surface area contributed by atoms with Gasteiger partial charge in [0.25, 0.3) is 0 Å². The van der Waals surface area contributed by atoms with E-state index >= 15 is 0 Å². The van der Waals surface area contributed by atoms with Crippen molar-refractivity contribution in [2.45, 2.75) is 31.1 Å². The molecule has 2 aliphatic rings. The van der Waals surface area contributed by atoms with Crippen LogP contribution in [-0.2, 0) is 0 Å². The van der Waals surface area contributed by atoms with Crippen LogP contribution >= 0.6 is 23.2 Å². The van der Waals surface area contributed by atoms with Crippen LogP contribution in [0.4, 0.5) is 39.0 Å². The maximum Gasteiger partial charge on any atom is 0.401 e. The molecule has 0 amide bonds. The monoisotopic (exact) mass is 688 g/mol. The van der Waals surface area contributed by atoms with Gasteiger partial charge >= 0.3 is 6.18 Å². The molecule has 6 rings (SSSR count). The Balaban J connectivity index is 1.31. The van der Waals surface area contributed by atoms with E-state index in [2.05, 4.69) is 32.6 Å². The Morgan fingerprint density at radius 2 is 1.72 bits per heavy atom. The van der Waals surface area contributed by atoms with Crippen molar-refractivity contribution in [2.75, 3.05) is 30.3 Å². The summed E-state index contributed by atoms with van der Waals surface area (Å²) in [4.78, 5) is 5.78. The van der Waals surface area contributed by atoms with Gasteiger partial charge in [0.15, 0.2) is 0 Å². The van der Waals surface area contributed by atoms with Crippen molar-refractivity contribution in [1.82, 2.24) is 25.9 Å². The van der Waals surface area contributed by atoms with Gasteiger partial charge in [0.1, 0.15) is 17.7 Å². The first kappa shape index (κ1) is 32.6. The predicted octanol–water partition coefficient (Wildman–Crippen LogP) is 7.78. The molecule has 0 unspecified atom stereocenters. The van der Waals surface area contributed by atoms with Crippen molar-refractivity contribution in [2.24, 2.45) is 0 Å². The van der Waals surface area contributed by atoms with Gasteiger partial charge in [0.05, 0.1) is 45.1 Å². The van der Waals surface area contributed by atoms with Gasteiger partial charge in [0.2, 0.25) is 0 Å². The highest BCUT2D eigenvalue weighted by Crippen LogP contribution is 2.37. The maximum absolute atomic E-state index is 13.9. The minimum Gasteiger partial charge on any atom is -0.373 e. The summed E-state index contributed by atoms with van der Waals surface area (Å²) in [6.07, 6.45) is 0.0237. The van der Waals surface area contributed by atoms with E-state index in [1.807, 2.05) is 11.2 Å². The Bertz CT molecular complexity index is 1850. The lowest BCUT2D eigenvalue weighted by Gasteiger charge is -2.36. The first-order valence-corrected chi connectivity index (χ1v) is 15.3. The first-order chi connectivity index (χ1) is 22.5. The number of hydrogen-bond acceptors (Lipinski definition) is 8. The molecular formula is C32H27Cl2F5N8. The molecular weight excluding hydrogens is 662 g/mol. The van der Waals surface area contributed by atoms with Crippen LogP contribution < -0.4 is 21.6 Å². The van der Waals surface area contributed by atoms with E-state index in [0.29, 0.717) is 65.2 Å². The smallest absolute Gasteiger partial charge is 0.373 e. The van der Waals surface area contributed by atoms with Crippen molar-refractivity contribution in [3.63, 3.8) is 0 Å². The number of hydrogen-bond donors (Lipinski definition) is 4. The summed E-state index contributed by atoms with van der Waals surface area (Å²) in [6, 6.07) is 15.0. The molecule has 4 N–H and O–H groups in total. The third kappa shape index (κ3) is 7.47. The molecule has 3 heterocycles. The summed E-state index contributed by atoms with van der Waals surface area (Å²) in [7, 11) is 0. The number of hydrazine groups is 2. The van der Waals surface area contributed by atoms with Gasteiger partial charge in [-0.1, -0.05) is 35.3 Å². The zero-order chi connectivity index (χ0) is 33.3. The van der Waals surface area contributed by atoms with Crippen LogP contribution in [0.3, 0.4) is 0 Å². The molecule has 1 saturated heterocycles. The average Bonchev–Trinajstić information content (AvgIpc) is 3.52. The van der Waals surface area contributed by atoms with Crippen LogP contribution in [0.1, 0.15) is 30.0 Å². The van der Waals surface area contributed by atoms with Crippen LogP contribution in [0.25, 0.3) is 10.9 Å². The van der Waals surface area contributed by atoms with Crippen LogP contribution in [-0.4, -0.2) is 46.7 Å². The number of alkyl halides is 3. The summed E-state index contributed by atoms with van der Waals surface area (Å²) in [6.45, 7) is -0.322. The van der Waals surface area contributed by atoms with Gasteiger partial charge in [-0.3, -0.25) is 14.9 Å². The van der Waals surface area contributed by atoms with Gasteiger partial charge in [0, 0.05) is 48.3 Å². The van der Waals surface area contributed by atoms with Crippen molar-refractivity contribution >= 4 is 51.2 Å². The lowest BCUT2D eigenvalue weighted by molar-refractivity contribution is -0.149. The summed E-state index contributed by atoms with van der Waals surface area (Å²) in [5, 5.41) is 19.0. The molecule has 15 heteroatoms. The fourth-order valence-corrected chi connectivity index (χ4v) is 6.19. The van der Waals surface area contributed by atoms with Gasteiger partial charge < -0.3 is 16.1 Å². The Morgan fingerprint density at radius 3 is 2.40 bits per heavy atom. The predicted molar refractivity (Wildman–Crippen MR) is 171 cm³/mol. The third-order valence-corrected chi connectivity index (χ3v) is 8.60. The Kier molecular flexibility index (Phi) is 9.29. The number of likely N-dealkylation sites (tertiary alicyclic amines) is 1. The molecule has 2 aliphatic heterocycles. The molecule has 0 bridgehead atoms. The number of nitrogens with one attached hydrogen (secondary N) is 4. The van der Waals surface area contributed by atoms with E-state index < -0.39 is 30.4 Å². The van der Waals surface area contributed by atoms with Crippen LogP contribution in [0.15, 0.2) is 72.7 Å². The average molecular weight is 690 g/mol. The van der Waals surface area contributed by atoms with Gasteiger partial charge in [-0.25, -0.2) is 8.78 Å². The molecule has 4 aromatic rings. The molecule has 0 aliphatic carbocycles. The summed E-state index contributed by atoms with van der Waals surface area (Å²) >= 11 is 12.7. The van der Waals surface area contributed by atoms with Crippen LogP contribution in [0.2, 0.25) is 10.0 Å². The molecule has 244 valence electrons. The topological polar surface area (TPSA) is 91.3 Å². The lowest BCUT2D eigenvalue weighted by Crippen LogP contribution is -2.50. The minimum atomic E-state index is -4.25. The molecule has 1 fully saturated rings. The van der Waals surface area contributed by atoms with Crippen molar-refractivity contribution in [1.29, 1.82) is 5.26 Å². The van der Waals surface area contributed by atoms with E-state index in [1.54, 1.807) is 24.3 Å². The second-order valence-corrected chi connectivity index (χ2v) is 12.1. The number of fused-ring (bicyclic) bond motifs is 1. The Hall–Kier alpha value is -4.35. The number of pyridine rings is 1. The first-order valence-electron chi connectivity index (χ1n) is 14.5. The highest BCUT2D eigenvalue weighted by molar-refractivity contribution is 6.36.